The molecular weight excluding hydrogens is 153 g/mol. The van der Waals surface area contributed by atoms with Gasteiger partial charge in [-0.3, -0.25) is 0 Å². The van der Waals surface area contributed by atoms with Crippen LogP contribution in [-0.2, 0) is 0 Å². The van der Waals surface area contributed by atoms with Crippen LogP contribution in [0.3, 0.4) is 0 Å². The van der Waals surface area contributed by atoms with Gasteiger partial charge in [-0.25, -0.2) is 4.39 Å². The van der Waals surface area contributed by atoms with E-state index in [0.717, 1.165) is 25.0 Å². The number of allylic oxidation sites excluding steroid dienone is 4. The number of alkyl halides is 1. The number of nitrogens with one attached hydrogen (secondary N) is 1. The van der Waals surface area contributed by atoms with Crippen LogP contribution in [0.25, 0.3) is 0 Å². The van der Waals surface area contributed by atoms with Gasteiger partial charge >= 0.3 is 0 Å². The SMILES string of the molecule is C/C=C(/CC/C=C/CC)NCF. The molecule has 0 aliphatic carbocycles. The van der Waals surface area contributed by atoms with E-state index in [4.69, 9.17) is 0 Å². The Morgan fingerprint density at radius 2 is 2.17 bits per heavy atom. The van der Waals surface area contributed by atoms with Crippen molar-refractivity contribution in [3.05, 3.63) is 23.9 Å². The molecule has 0 aliphatic rings. The fourth-order valence-corrected chi connectivity index (χ4v) is 0.944. The zero-order chi connectivity index (χ0) is 9.23. The lowest BCUT2D eigenvalue weighted by molar-refractivity contribution is 0.449. The van der Waals surface area contributed by atoms with Gasteiger partial charge in [0.15, 0.2) is 6.80 Å². The maximum Gasteiger partial charge on any atom is 0.159 e. The Morgan fingerprint density at radius 3 is 2.67 bits per heavy atom. The summed E-state index contributed by atoms with van der Waals surface area (Å²) in [7, 11) is 0. The van der Waals surface area contributed by atoms with Crippen molar-refractivity contribution in [1.29, 1.82) is 0 Å². The van der Waals surface area contributed by atoms with Gasteiger partial charge in [-0.1, -0.05) is 25.2 Å². The molecule has 0 aromatic carbocycles. The van der Waals surface area contributed by atoms with E-state index in [9.17, 15) is 4.39 Å². The van der Waals surface area contributed by atoms with E-state index in [2.05, 4.69) is 24.4 Å². The smallest absolute Gasteiger partial charge is 0.159 e. The molecule has 1 nitrogen and oxygen atoms in total. The van der Waals surface area contributed by atoms with E-state index in [1.54, 1.807) is 0 Å². The van der Waals surface area contributed by atoms with Gasteiger partial charge in [0.25, 0.3) is 0 Å². The van der Waals surface area contributed by atoms with Gasteiger partial charge < -0.3 is 5.32 Å². The Hall–Kier alpha value is -0.790. The largest absolute Gasteiger partial charge is 0.362 e. The summed E-state index contributed by atoms with van der Waals surface area (Å²) in [5.41, 5.74) is 0.984. The van der Waals surface area contributed by atoms with Crippen LogP contribution in [0.15, 0.2) is 23.9 Å². The van der Waals surface area contributed by atoms with E-state index >= 15 is 0 Å². The lowest BCUT2D eigenvalue weighted by atomic mass is 10.2. The molecule has 0 heterocycles. The maximum absolute atomic E-state index is 11.8. The van der Waals surface area contributed by atoms with Crippen LogP contribution in [0, 0.1) is 0 Å². The molecule has 0 fully saturated rings. The first kappa shape index (κ1) is 11.2. The number of hydrogen-bond donors (Lipinski definition) is 1. The highest BCUT2D eigenvalue weighted by atomic mass is 19.1. The van der Waals surface area contributed by atoms with Crippen molar-refractivity contribution in [2.45, 2.75) is 33.1 Å². The average molecular weight is 171 g/mol. The van der Waals surface area contributed by atoms with Crippen molar-refractivity contribution in [3.8, 4) is 0 Å². The standard InChI is InChI=1S/C10H18FN/c1-3-5-6-7-8-10(4-2)12-9-11/h4-6,12H,3,7-9H2,1-2H3/b6-5+,10-4-. The Labute approximate surface area is 74.4 Å². The molecule has 0 atom stereocenters. The molecule has 0 aromatic rings. The minimum absolute atomic E-state index is 0.475. The molecule has 0 bridgehead atoms. The van der Waals surface area contributed by atoms with Gasteiger partial charge in [0.05, 0.1) is 0 Å². The minimum atomic E-state index is -0.475. The molecule has 0 radical (unpaired) electrons. The molecule has 70 valence electrons. The lowest BCUT2D eigenvalue weighted by Crippen LogP contribution is -2.10. The number of rotatable bonds is 6. The van der Waals surface area contributed by atoms with Crippen LogP contribution in [0.2, 0.25) is 0 Å². The van der Waals surface area contributed by atoms with Crippen molar-refractivity contribution in [2.75, 3.05) is 6.80 Å². The van der Waals surface area contributed by atoms with Gasteiger partial charge in [0.2, 0.25) is 0 Å². The fraction of sp³-hybridized carbons (Fsp3) is 0.600. The highest BCUT2D eigenvalue weighted by Gasteiger charge is 1.91. The third kappa shape index (κ3) is 5.96. The molecule has 2 heteroatoms. The highest BCUT2D eigenvalue weighted by molar-refractivity contribution is 4.99. The first-order valence-corrected chi connectivity index (χ1v) is 4.45. The van der Waals surface area contributed by atoms with Gasteiger partial charge in [-0.2, -0.15) is 0 Å². The fourth-order valence-electron chi connectivity index (χ4n) is 0.944. The normalized spacial score (nSPS) is 12.4. The van der Waals surface area contributed by atoms with E-state index in [1.165, 1.54) is 0 Å². The summed E-state index contributed by atoms with van der Waals surface area (Å²) in [6, 6.07) is 0. The monoisotopic (exact) mass is 171 g/mol. The van der Waals surface area contributed by atoms with Crippen molar-refractivity contribution in [3.63, 3.8) is 0 Å². The van der Waals surface area contributed by atoms with Gasteiger partial charge in [0.1, 0.15) is 0 Å². The van der Waals surface area contributed by atoms with E-state index in [0.29, 0.717) is 0 Å². The Bertz CT molecular complexity index is 150. The predicted molar refractivity (Wildman–Crippen MR) is 51.5 cm³/mol. The zero-order valence-electron chi connectivity index (χ0n) is 7.94. The first-order valence-electron chi connectivity index (χ1n) is 4.45. The third-order valence-corrected chi connectivity index (χ3v) is 1.63. The third-order valence-electron chi connectivity index (χ3n) is 1.63. The summed E-state index contributed by atoms with van der Waals surface area (Å²) < 4.78 is 11.8. The quantitative estimate of drug-likeness (QED) is 0.478. The summed E-state index contributed by atoms with van der Waals surface area (Å²) in [6.45, 7) is 3.55. The van der Waals surface area contributed by atoms with Crippen molar-refractivity contribution >= 4 is 0 Å². The summed E-state index contributed by atoms with van der Waals surface area (Å²) >= 11 is 0. The van der Waals surface area contributed by atoms with Crippen LogP contribution in [0.4, 0.5) is 4.39 Å². The molecule has 0 rings (SSSR count). The summed E-state index contributed by atoms with van der Waals surface area (Å²) in [5, 5.41) is 2.67. The summed E-state index contributed by atoms with van der Waals surface area (Å²) in [5.74, 6) is 0. The number of halogens is 1. The van der Waals surface area contributed by atoms with Crippen LogP contribution in [0.5, 0.6) is 0 Å². The van der Waals surface area contributed by atoms with Crippen LogP contribution in [-0.4, -0.2) is 6.80 Å². The van der Waals surface area contributed by atoms with Crippen LogP contribution < -0.4 is 5.32 Å². The van der Waals surface area contributed by atoms with Crippen LogP contribution >= 0.6 is 0 Å². The molecule has 12 heavy (non-hydrogen) atoms. The topological polar surface area (TPSA) is 12.0 Å². The molecule has 0 unspecified atom stereocenters. The molecule has 0 spiro atoms. The zero-order valence-corrected chi connectivity index (χ0v) is 7.94. The predicted octanol–water partition coefficient (Wildman–Crippen LogP) is 3.15. The second-order valence-corrected chi connectivity index (χ2v) is 2.54. The Morgan fingerprint density at radius 1 is 1.42 bits per heavy atom. The summed E-state index contributed by atoms with van der Waals surface area (Å²) in [4.78, 5) is 0. The van der Waals surface area contributed by atoms with E-state index < -0.39 is 6.80 Å². The average Bonchev–Trinajstić information content (AvgIpc) is 2.10. The number of hydrogen-bond acceptors (Lipinski definition) is 1. The Balaban J connectivity index is 3.52. The van der Waals surface area contributed by atoms with E-state index in [1.807, 2.05) is 13.0 Å². The van der Waals surface area contributed by atoms with Crippen molar-refractivity contribution in [1.82, 2.24) is 5.32 Å². The maximum atomic E-state index is 11.8. The van der Waals surface area contributed by atoms with Crippen molar-refractivity contribution < 1.29 is 4.39 Å². The molecule has 0 aliphatic heterocycles. The summed E-state index contributed by atoms with van der Waals surface area (Å²) in [6.07, 6.45) is 9.13. The molecule has 0 aromatic heterocycles. The van der Waals surface area contributed by atoms with E-state index in [-0.39, 0.29) is 0 Å². The van der Waals surface area contributed by atoms with Gasteiger partial charge in [-0.15, -0.1) is 0 Å². The minimum Gasteiger partial charge on any atom is -0.362 e. The molecule has 0 amide bonds. The van der Waals surface area contributed by atoms with Gasteiger partial charge in [-0.05, 0) is 26.2 Å². The molecular formula is C10H18FN. The molecule has 1 N–H and O–H groups in total. The second-order valence-electron chi connectivity index (χ2n) is 2.54. The van der Waals surface area contributed by atoms with Crippen molar-refractivity contribution in [2.24, 2.45) is 0 Å². The van der Waals surface area contributed by atoms with Gasteiger partial charge in [0, 0.05) is 5.70 Å². The van der Waals surface area contributed by atoms with Crippen LogP contribution in [0.1, 0.15) is 33.1 Å². The highest BCUT2D eigenvalue weighted by Crippen LogP contribution is 2.02. The lowest BCUT2D eigenvalue weighted by Gasteiger charge is -2.04. The Kier molecular flexibility index (Phi) is 7.76. The first-order chi connectivity index (χ1) is 5.85. The second kappa shape index (κ2) is 8.31. The molecule has 0 saturated heterocycles. The molecule has 0 saturated carbocycles.